The molecule has 1 aliphatic rings. The van der Waals surface area contributed by atoms with Crippen LogP contribution in [0.3, 0.4) is 0 Å². The van der Waals surface area contributed by atoms with Crippen molar-refractivity contribution in [2.45, 2.75) is 26.7 Å². The van der Waals surface area contributed by atoms with Crippen LogP contribution in [0.1, 0.15) is 33.8 Å². The second-order valence-electron chi connectivity index (χ2n) is 6.26. The maximum absolute atomic E-state index is 12.7. The van der Waals surface area contributed by atoms with Crippen LogP contribution < -0.4 is 0 Å². The normalized spacial score (nSPS) is 15.1. The van der Waals surface area contributed by atoms with E-state index in [4.69, 9.17) is 4.52 Å². The summed E-state index contributed by atoms with van der Waals surface area (Å²) in [6, 6.07) is 3.73. The van der Waals surface area contributed by atoms with Crippen molar-refractivity contribution in [2.75, 3.05) is 26.2 Å². The molecule has 0 aromatic carbocycles. The highest BCUT2D eigenvalue weighted by molar-refractivity contribution is 5.96. The van der Waals surface area contributed by atoms with Gasteiger partial charge in [0.05, 0.1) is 12.1 Å². The highest BCUT2D eigenvalue weighted by atomic mass is 16.5. The number of hydrogen-bond acceptors (Lipinski definition) is 5. The van der Waals surface area contributed by atoms with E-state index >= 15 is 0 Å². The average Bonchev–Trinajstić information content (AvgIpc) is 2.81. The SMILES string of the molecule is Cc1noc(C)c1C(=O)N1CCCN(C(=O)Cc2cccnc2)CC1. The summed E-state index contributed by atoms with van der Waals surface area (Å²) in [4.78, 5) is 32.9. The molecule has 2 aromatic rings. The third kappa shape index (κ3) is 3.87. The molecule has 0 saturated carbocycles. The summed E-state index contributed by atoms with van der Waals surface area (Å²) in [5, 5.41) is 3.85. The molecule has 0 bridgehead atoms. The minimum absolute atomic E-state index is 0.0691. The molecule has 0 atom stereocenters. The lowest BCUT2D eigenvalue weighted by molar-refractivity contribution is -0.130. The van der Waals surface area contributed by atoms with Gasteiger partial charge in [-0.15, -0.1) is 0 Å². The van der Waals surface area contributed by atoms with Gasteiger partial charge in [-0.1, -0.05) is 11.2 Å². The lowest BCUT2D eigenvalue weighted by Crippen LogP contribution is -2.38. The molecule has 25 heavy (non-hydrogen) atoms. The third-order valence-electron chi connectivity index (χ3n) is 4.46. The van der Waals surface area contributed by atoms with E-state index in [0.717, 1.165) is 12.0 Å². The number of aromatic nitrogens is 2. The molecule has 1 saturated heterocycles. The molecule has 0 aliphatic carbocycles. The summed E-state index contributed by atoms with van der Waals surface area (Å²) in [5.41, 5.74) is 2.05. The van der Waals surface area contributed by atoms with Crippen LogP contribution in [0.2, 0.25) is 0 Å². The number of pyridine rings is 1. The maximum Gasteiger partial charge on any atom is 0.259 e. The van der Waals surface area contributed by atoms with Crippen molar-refractivity contribution in [3.63, 3.8) is 0 Å². The second kappa shape index (κ2) is 7.46. The predicted octanol–water partition coefficient (Wildman–Crippen LogP) is 1.60. The van der Waals surface area contributed by atoms with E-state index in [1.807, 2.05) is 17.0 Å². The van der Waals surface area contributed by atoms with Crippen LogP contribution in [0, 0.1) is 13.8 Å². The number of nitrogens with zero attached hydrogens (tertiary/aromatic N) is 4. The largest absolute Gasteiger partial charge is 0.361 e. The number of carbonyl (C=O) groups excluding carboxylic acids is 2. The van der Waals surface area contributed by atoms with Crippen molar-refractivity contribution in [1.29, 1.82) is 0 Å². The average molecular weight is 342 g/mol. The summed E-state index contributed by atoms with van der Waals surface area (Å²) in [6.45, 7) is 5.85. The van der Waals surface area contributed by atoms with Crippen molar-refractivity contribution >= 4 is 11.8 Å². The van der Waals surface area contributed by atoms with Gasteiger partial charge >= 0.3 is 0 Å². The molecular formula is C18H22N4O3. The van der Waals surface area contributed by atoms with Gasteiger partial charge in [0.15, 0.2) is 0 Å². The fraction of sp³-hybridized carbons (Fsp3) is 0.444. The van der Waals surface area contributed by atoms with E-state index in [9.17, 15) is 9.59 Å². The molecule has 1 aliphatic heterocycles. The van der Waals surface area contributed by atoms with E-state index in [0.29, 0.717) is 49.6 Å². The first kappa shape index (κ1) is 17.1. The molecule has 0 radical (unpaired) electrons. The number of hydrogen-bond donors (Lipinski definition) is 0. The second-order valence-corrected chi connectivity index (χ2v) is 6.26. The third-order valence-corrected chi connectivity index (χ3v) is 4.46. The van der Waals surface area contributed by atoms with Gasteiger partial charge in [0.1, 0.15) is 11.3 Å². The minimum atomic E-state index is -0.0715. The molecule has 0 N–H and O–H groups in total. The number of rotatable bonds is 3. The topological polar surface area (TPSA) is 79.5 Å². The Balaban J connectivity index is 1.62. The lowest BCUT2D eigenvalue weighted by Gasteiger charge is -2.22. The van der Waals surface area contributed by atoms with Crippen molar-refractivity contribution in [3.8, 4) is 0 Å². The van der Waals surface area contributed by atoms with Gasteiger partial charge in [0.2, 0.25) is 5.91 Å². The first-order valence-corrected chi connectivity index (χ1v) is 8.45. The van der Waals surface area contributed by atoms with E-state index in [2.05, 4.69) is 10.1 Å². The van der Waals surface area contributed by atoms with E-state index in [1.54, 1.807) is 31.1 Å². The van der Waals surface area contributed by atoms with Crippen LogP contribution in [0.4, 0.5) is 0 Å². The molecule has 1 fully saturated rings. The fourth-order valence-corrected chi connectivity index (χ4v) is 3.11. The van der Waals surface area contributed by atoms with Crippen LogP contribution in [0.25, 0.3) is 0 Å². The Morgan fingerprint density at radius 2 is 1.92 bits per heavy atom. The predicted molar refractivity (Wildman–Crippen MR) is 91.0 cm³/mol. The smallest absolute Gasteiger partial charge is 0.259 e. The Morgan fingerprint density at radius 3 is 2.60 bits per heavy atom. The van der Waals surface area contributed by atoms with Crippen LogP contribution in [0.5, 0.6) is 0 Å². The Morgan fingerprint density at radius 1 is 1.16 bits per heavy atom. The monoisotopic (exact) mass is 342 g/mol. The first-order valence-electron chi connectivity index (χ1n) is 8.45. The first-order chi connectivity index (χ1) is 12.1. The van der Waals surface area contributed by atoms with E-state index in [-0.39, 0.29) is 11.8 Å². The highest BCUT2D eigenvalue weighted by Gasteiger charge is 2.26. The number of aryl methyl sites for hydroxylation is 2. The van der Waals surface area contributed by atoms with Gasteiger partial charge in [-0.3, -0.25) is 14.6 Å². The summed E-state index contributed by atoms with van der Waals surface area (Å²) in [6.07, 6.45) is 4.50. The zero-order valence-electron chi connectivity index (χ0n) is 14.6. The highest BCUT2D eigenvalue weighted by Crippen LogP contribution is 2.17. The summed E-state index contributed by atoms with van der Waals surface area (Å²) in [5.74, 6) is 0.536. The Kier molecular flexibility index (Phi) is 5.11. The zero-order chi connectivity index (χ0) is 17.8. The minimum Gasteiger partial charge on any atom is -0.361 e. The Labute approximate surface area is 146 Å². The summed E-state index contributed by atoms with van der Waals surface area (Å²) >= 11 is 0. The lowest BCUT2D eigenvalue weighted by atomic mass is 10.1. The number of carbonyl (C=O) groups is 2. The van der Waals surface area contributed by atoms with Gasteiger partial charge < -0.3 is 14.3 Å². The van der Waals surface area contributed by atoms with Crippen LogP contribution in [-0.2, 0) is 11.2 Å². The zero-order valence-corrected chi connectivity index (χ0v) is 14.6. The molecule has 2 amide bonds. The summed E-state index contributed by atoms with van der Waals surface area (Å²) < 4.78 is 5.10. The molecule has 132 valence electrons. The van der Waals surface area contributed by atoms with Crippen molar-refractivity contribution in [2.24, 2.45) is 0 Å². The quantitative estimate of drug-likeness (QED) is 0.846. The van der Waals surface area contributed by atoms with Crippen LogP contribution >= 0.6 is 0 Å². The van der Waals surface area contributed by atoms with E-state index in [1.165, 1.54) is 0 Å². The molecular weight excluding hydrogens is 320 g/mol. The van der Waals surface area contributed by atoms with Crippen molar-refractivity contribution in [1.82, 2.24) is 19.9 Å². The van der Waals surface area contributed by atoms with Gasteiger partial charge in [0, 0.05) is 38.6 Å². The number of amides is 2. The molecule has 2 aromatic heterocycles. The van der Waals surface area contributed by atoms with Gasteiger partial charge in [-0.05, 0) is 31.9 Å². The van der Waals surface area contributed by atoms with Gasteiger partial charge in [0.25, 0.3) is 5.91 Å². The molecule has 3 heterocycles. The van der Waals surface area contributed by atoms with Crippen molar-refractivity contribution < 1.29 is 14.1 Å². The molecule has 0 spiro atoms. The summed E-state index contributed by atoms with van der Waals surface area (Å²) in [7, 11) is 0. The van der Waals surface area contributed by atoms with Crippen LogP contribution in [-0.4, -0.2) is 57.9 Å². The van der Waals surface area contributed by atoms with Crippen molar-refractivity contribution in [3.05, 3.63) is 47.1 Å². The standard InChI is InChI=1S/C18H22N4O3/c1-13-17(14(2)25-20-13)18(24)22-8-4-7-21(9-10-22)16(23)11-15-5-3-6-19-12-15/h3,5-6,12H,4,7-11H2,1-2H3. The van der Waals surface area contributed by atoms with Gasteiger partial charge in [-0.25, -0.2) is 0 Å². The van der Waals surface area contributed by atoms with E-state index < -0.39 is 0 Å². The fourth-order valence-electron chi connectivity index (χ4n) is 3.11. The molecule has 0 unspecified atom stereocenters. The van der Waals surface area contributed by atoms with Gasteiger partial charge in [-0.2, -0.15) is 0 Å². The maximum atomic E-state index is 12.7. The Hall–Kier alpha value is -2.70. The molecule has 7 nitrogen and oxygen atoms in total. The van der Waals surface area contributed by atoms with Crippen LogP contribution in [0.15, 0.2) is 29.0 Å². The molecule has 7 heteroatoms. The molecule has 3 rings (SSSR count). The Bertz CT molecular complexity index is 737.